The number of ether oxygens (including phenoxy) is 1. The van der Waals surface area contributed by atoms with Gasteiger partial charge in [0.2, 0.25) is 0 Å². The van der Waals surface area contributed by atoms with Crippen molar-refractivity contribution in [3.63, 3.8) is 0 Å². The van der Waals surface area contributed by atoms with Crippen LogP contribution in [-0.2, 0) is 9.59 Å². The number of hydrogen-bond acceptors (Lipinski definition) is 5. The molecular weight excluding hydrogens is 466 g/mol. The van der Waals surface area contributed by atoms with E-state index < -0.39 is 17.7 Å². The van der Waals surface area contributed by atoms with Crippen LogP contribution in [0.15, 0.2) is 72.3 Å². The van der Waals surface area contributed by atoms with Crippen LogP contribution >= 0.6 is 11.6 Å². The first-order valence-electron chi connectivity index (χ1n) is 11.4. The highest BCUT2D eigenvalue weighted by atomic mass is 35.5. The number of anilines is 1. The number of nitrogens with zero attached hydrogens (tertiary/aromatic N) is 1. The number of ketones is 1. The second-order valence-corrected chi connectivity index (χ2v) is 9.02. The van der Waals surface area contributed by atoms with Gasteiger partial charge in [0.15, 0.2) is 11.5 Å². The van der Waals surface area contributed by atoms with Gasteiger partial charge in [-0.05, 0) is 60.4 Å². The molecule has 180 valence electrons. The lowest BCUT2D eigenvalue weighted by atomic mass is 9.94. The molecule has 1 fully saturated rings. The van der Waals surface area contributed by atoms with Crippen LogP contribution in [0.4, 0.5) is 5.69 Å². The van der Waals surface area contributed by atoms with Crippen LogP contribution in [0.1, 0.15) is 49.4 Å². The van der Waals surface area contributed by atoms with Gasteiger partial charge < -0.3 is 14.9 Å². The summed E-state index contributed by atoms with van der Waals surface area (Å²) in [6.45, 7) is 6.24. The van der Waals surface area contributed by atoms with Crippen LogP contribution < -0.4 is 9.64 Å². The van der Waals surface area contributed by atoms with E-state index in [0.717, 1.165) is 5.56 Å². The Balaban J connectivity index is 1.94. The number of aliphatic hydroxyl groups is 1. The van der Waals surface area contributed by atoms with Gasteiger partial charge in [-0.1, -0.05) is 55.8 Å². The zero-order valence-corrected chi connectivity index (χ0v) is 20.4. The van der Waals surface area contributed by atoms with Crippen molar-refractivity contribution in [1.29, 1.82) is 0 Å². The van der Waals surface area contributed by atoms with Crippen LogP contribution in [0.3, 0.4) is 0 Å². The summed E-state index contributed by atoms with van der Waals surface area (Å²) in [4.78, 5) is 28.0. The minimum Gasteiger partial charge on any atom is -0.507 e. The van der Waals surface area contributed by atoms with Crippen LogP contribution in [0.2, 0.25) is 5.02 Å². The van der Waals surface area contributed by atoms with Crippen molar-refractivity contribution < 1.29 is 24.5 Å². The van der Waals surface area contributed by atoms with Crippen LogP contribution in [0.25, 0.3) is 5.76 Å². The summed E-state index contributed by atoms with van der Waals surface area (Å²) in [6.07, 6.45) is 0. The molecule has 1 heterocycles. The summed E-state index contributed by atoms with van der Waals surface area (Å²) >= 11 is 6.11. The zero-order chi connectivity index (χ0) is 25.3. The van der Waals surface area contributed by atoms with Gasteiger partial charge in [-0.2, -0.15) is 0 Å². The molecule has 1 amide bonds. The number of amides is 1. The summed E-state index contributed by atoms with van der Waals surface area (Å²) < 4.78 is 5.54. The number of carbonyl (C=O) groups is 2. The number of hydrogen-bond donors (Lipinski definition) is 2. The SMILES string of the molecule is CCOc1cc(C2/C(=C(/O)c3cccc(Cl)c3)C(=O)C(=O)N2c2ccc(C(C)C)cc2)ccc1O. The minimum atomic E-state index is -0.946. The Hall–Kier alpha value is -3.77. The van der Waals surface area contributed by atoms with E-state index in [9.17, 15) is 19.8 Å². The fraction of sp³-hybridized carbons (Fsp3) is 0.214. The normalized spacial score (nSPS) is 17.3. The van der Waals surface area contributed by atoms with E-state index in [-0.39, 0.29) is 22.8 Å². The van der Waals surface area contributed by atoms with Gasteiger partial charge in [0.05, 0.1) is 18.2 Å². The largest absolute Gasteiger partial charge is 0.507 e. The quantitative estimate of drug-likeness (QED) is 0.244. The summed E-state index contributed by atoms with van der Waals surface area (Å²) in [5, 5.41) is 21.8. The molecule has 3 aromatic carbocycles. The van der Waals surface area contributed by atoms with Crippen molar-refractivity contribution in [1.82, 2.24) is 0 Å². The summed E-state index contributed by atoms with van der Waals surface area (Å²) in [5.41, 5.74) is 2.35. The van der Waals surface area contributed by atoms with E-state index in [1.54, 1.807) is 49.4 Å². The molecule has 1 saturated heterocycles. The molecular formula is C28H26ClNO5. The number of halogens is 1. The highest BCUT2D eigenvalue weighted by Crippen LogP contribution is 2.44. The number of carbonyl (C=O) groups excluding carboxylic acids is 2. The Morgan fingerprint density at radius 2 is 1.77 bits per heavy atom. The fourth-order valence-corrected chi connectivity index (χ4v) is 4.39. The van der Waals surface area contributed by atoms with Crippen molar-refractivity contribution in [3.05, 3.63) is 94.0 Å². The smallest absolute Gasteiger partial charge is 0.300 e. The molecule has 4 rings (SSSR count). The molecule has 3 aromatic rings. The number of phenols is 1. The van der Waals surface area contributed by atoms with Crippen molar-refractivity contribution in [2.24, 2.45) is 0 Å². The zero-order valence-electron chi connectivity index (χ0n) is 19.7. The molecule has 0 spiro atoms. The second kappa shape index (κ2) is 9.84. The van der Waals surface area contributed by atoms with E-state index in [2.05, 4.69) is 13.8 Å². The standard InChI is InChI=1S/C28H26ClNO5/c1-4-35-23-15-18(10-13-22(23)31)25-24(26(32)19-6-5-7-20(29)14-19)27(33)28(34)30(25)21-11-8-17(9-12-21)16(2)3/h5-16,25,31-32H,4H2,1-3H3/b26-24-. The first-order valence-corrected chi connectivity index (χ1v) is 11.7. The average Bonchev–Trinajstić information content (AvgIpc) is 3.10. The molecule has 0 aromatic heterocycles. The maximum Gasteiger partial charge on any atom is 0.300 e. The molecule has 35 heavy (non-hydrogen) atoms. The first kappa shape index (κ1) is 24.4. The Labute approximate surface area is 209 Å². The highest BCUT2D eigenvalue weighted by molar-refractivity contribution is 6.51. The predicted octanol–water partition coefficient (Wildman–Crippen LogP) is 6.19. The molecule has 2 N–H and O–H groups in total. The minimum absolute atomic E-state index is 0.0660. The lowest BCUT2D eigenvalue weighted by molar-refractivity contribution is -0.132. The predicted molar refractivity (Wildman–Crippen MR) is 136 cm³/mol. The molecule has 0 aliphatic carbocycles. The van der Waals surface area contributed by atoms with Gasteiger partial charge in [0.1, 0.15) is 5.76 Å². The van der Waals surface area contributed by atoms with Crippen molar-refractivity contribution in [2.75, 3.05) is 11.5 Å². The summed E-state index contributed by atoms with van der Waals surface area (Å²) in [6, 6.07) is 17.5. The maximum atomic E-state index is 13.3. The molecule has 1 unspecified atom stereocenters. The van der Waals surface area contributed by atoms with E-state index >= 15 is 0 Å². The van der Waals surface area contributed by atoms with Gasteiger partial charge in [-0.25, -0.2) is 0 Å². The lowest BCUT2D eigenvalue weighted by Crippen LogP contribution is -2.29. The number of aliphatic hydroxyl groups excluding tert-OH is 1. The Morgan fingerprint density at radius 3 is 2.40 bits per heavy atom. The van der Waals surface area contributed by atoms with Gasteiger partial charge in [-0.15, -0.1) is 0 Å². The number of aromatic hydroxyl groups is 1. The number of benzene rings is 3. The number of Topliss-reactive ketones (excluding diaryl/α,β-unsaturated/α-hetero) is 1. The van der Waals surface area contributed by atoms with Crippen molar-refractivity contribution in [2.45, 2.75) is 32.7 Å². The third kappa shape index (κ3) is 4.62. The molecule has 1 aliphatic heterocycles. The average molecular weight is 492 g/mol. The van der Waals surface area contributed by atoms with Gasteiger partial charge in [0, 0.05) is 16.3 Å². The van der Waals surface area contributed by atoms with Crippen molar-refractivity contribution >= 4 is 34.7 Å². The fourth-order valence-electron chi connectivity index (χ4n) is 4.20. The van der Waals surface area contributed by atoms with Gasteiger partial charge >= 0.3 is 0 Å². The van der Waals surface area contributed by atoms with Crippen molar-refractivity contribution in [3.8, 4) is 11.5 Å². The first-order chi connectivity index (χ1) is 16.7. The number of rotatable bonds is 6. The number of phenolic OH excluding ortho intramolecular Hbond substituents is 1. The molecule has 1 aliphatic rings. The van der Waals surface area contributed by atoms with Gasteiger partial charge in [0.25, 0.3) is 11.7 Å². The third-order valence-electron chi connectivity index (χ3n) is 5.98. The molecule has 6 nitrogen and oxygen atoms in total. The Bertz CT molecular complexity index is 1310. The molecule has 0 saturated carbocycles. The van der Waals surface area contributed by atoms with Crippen LogP contribution in [-0.4, -0.2) is 28.5 Å². The summed E-state index contributed by atoms with van der Waals surface area (Å²) in [7, 11) is 0. The maximum absolute atomic E-state index is 13.3. The topological polar surface area (TPSA) is 87.1 Å². The second-order valence-electron chi connectivity index (χ2n) is 8.59. The van der Waals surface area contributed by atoms with Crippen LogP contribution in [0, 0.1) is 0 Å². The van der Waals surface area contributed by atoms with E-state index in [4.69, 9.17) is 16.3 Å². The molecule has 0 bridgehead atoms. The third-order valence-corrected chi connectivity index (χ3v) is 6.21. The molecule has 7 heteroatoms. The highest BCUT2D eigenvalue weighted by Gasteiger charge is 2.47. The van der Waals surface area contributed by atoms with Gasteiger partial charge in [-0.3, -0.25) is 14.5 Å². The monoisotopic (exact) mass is 491 g/mol. The van der Waals surface area contributed by atoms with E-state index in [1.807, 2.05) is 12.1 Å². The Kier molecular flexibility index (Phi) is 6.85. The Morgan fingerprint density at radius 1 is 1.06 bits per heavy atom. The van der Waals surface area contributed by atoms with Crippen LogP contribution in [0.5, 0.6) is 11.5 Å². The van der Waals surface area contributed by atoms with E-state index in [0.29, 0.717) is 34.4 Å². The molecule has 0 radical (unpaired) electrons. The van der Waals surface area contributed by atoms with E-state index in [1.165, 1.54) is 17.0 Å². The molecule has 1 atom stereocenters. The lowest BCUT2D eigenvalue weighted by Gasteiger charge is -2.26. The summed E-state index contributed by atoms with van der Waals surface area (Å²) in [5.74, 6) is -1.46.